The zero-order valence-corrected chi connectivity index (χ0v) is 24.1. The molecule has 5 nitrogen and oxygen atoms in total. The number of anilines is 1. The van der Waals surface area contributed by atoms with Crippen LogP contribution in [0.2, 0.25) is 18.1 Å². The summed E-state index contributed by atoms with van der Waals surface area (Å²) in [6, 6.07) is 20.9. The molecule has 0 aromatic heterocycles. The molecule has 3 atom stereocenters. The molecule has 38 heavy (non-hydrogen) atoms. The van der Waals surface area contributed by atoms with Crippen molar-refractivity contribution in [3.63, 3.8) is 0 Å². The second kappa shape index (κ2) is 10.9. The van der Waals surface area contributed by atoms with E-state index in [1.807, 2.05) is 36.4 Å². The van der Waals surface area contributed by atoms with Crippen LogP contribution in [0.4, 0.5) is 10.1 Å². The lowest BCUT2D eigenvalue weighted by molar-refractivity contribution is -0.131. The van der Waals surface area contributed by atoms with E-state index in [0.717, 1.165) is 11.3 Å². The van der Waals surface area contributed by atoms with E-state index in [4.69, 9.17) is 9.16 Å². The number of ether oxygens (including phenoxy) is 1. The van der Waals surface area contributed by atoms with Crippen LogP contribution in [-0.4, -0.2) is 26.4 Å². The van der Waals surface area contributed by atoms with Gasteiger partial charge in [-0.2, -0.15) is 0 Å². The lowest BCUT2D eigenvalue weighted by Crippen LogP contribution is -2.55. The van der Waals surface area contributed by atoms with Crippen LogP contribution in [0.3, 0.4) is 0 Å². The molecule has 1 saturated heterocycles. The zero-order valence-electron chi connectivity index (χ0n) is 23.1. The number of phenolic OH excluding ortho intramolecular Hbond substituents is 1. The van der Waals surface area contributed by atoms with E-state index in [1.165, 1.54) is 12.1 Å². The number of para-hydroxylation sites is 1. The number of methoxy groups -OCH3 is 1. The summed E-state index contributed by atoms with van der Waals surface area (Å²) >= 11 is 0. The van der Waals surface area contributed by atoms with Gasteiger partial charge in [0.1, 0.15) is 17.3 Å². The van der Waals surface area contributed by atoms with Crippen molar-refractivity contribution in [2.45, 2.75) is 63.9 Å². The molecule has 3 aromatic rings. The molecule has 1 aliphatic rings. The molecule has 1 aliphatic heterocycles. The highest BCUT2D eigenvalue weighted by Gasteiger charge is 2.50. The summed E-state index contributed by atoms with van der Waals surface area (Å²) in [5, 5.41) is 10.9. The van der Waals surface area contributed by atoms with Gasteiger partial charge in [-0.15, -0.1) is 0 Å². The van der Waals surface area contributed by atoms with Gasteiger partial charge in [0, 0.05) is 17.3 Å². The molecule has 0 radical (unpaired) electrons. The molecular weight excluding hydrogens is 497 g/mol. The molecule has 1 N–H and O–H groups in total. The van der Waals surface area contributed by atoms with Crippen LogP contribution in [-0.2, 0) is 9.22 Å². The summed E-state index contributed by atoms with van der Waals surface area (Å²) in [5.74, 6) is 0.0452. The fourth-order valence-electron chi connectivity index (χ4n) is 4.80. The quantitative estimate of drug-likeness (QED) is 0.224. The number of carbonyl (C=O) groups is 1. The Bertz CT molecular complexity index is 1260. The van der Waals surface area contributed by atoms with Gasteiger partial charge in [-0.05, 0) is 72.9 Å². The lowest BCUT2D eigenvalue weighted by atomic mass is 9.78. The molecule has 4 rings (SSSR count). The third kappa shape index (κ3) is 5.64. The van der Waals surface area contributed by atoms with Crippen LogP contribution in [0, 0.1) is 11.7 Å². The highest BCUT2D eigenvalue weighted by Crippen LogP contribution is 2.50. The van der Waals surface area contributed by atoms with Gasteiger partial charge in [-0.25, -0.2) is 4.39 Å². The molecule has 3 aromatic carbocycles. The molecule has 7 heteroatoms. The summed E-state index contributed by atoms with van der Waals surface area (Å²) < 4.78 is 25.8. The minimum atomic E-state index is -2.16. The van der Waals surface area contributed by atoms with Crippen LogP contribution in [0.5, 0.6) is 11.5 Å². The summed E-state index contributed by atoms with van der Waals surface area (Å²) in [6.45, 7) is 11.0. The van der Waals surface area contributed by atoms with E-state index in [1.54, 1.807) is 36.3 Å². The molecule has 1 heterocycles. The molecule has 0 bridgehead atoms. The lowest BCUT2D eigenvalue weighted by Gasteiger charge is -2.48. The van der Waals surface area contributed by atoms with Crippen molar-refractivity contribution in [3.05, 3.63) is 89.7 Å². The Morgan fingerprint density at radius 3 is 2.26 bits per heavy atom. The number of nitrogens with zero attached hydrogens (tertiary/aromatic N) is 1. The third-order valence-electron chi connectivity index (χ3n) is 8.03. The number of benzene rings is 3. The highest BCUT2D eigenvalue weighted by molar-refractivity contribution is 6.74. The number of amides is 1. The van der Waals surface area contributed by atoms with E-state index in [2.05, 4.69) is 33.9 Å². The molecule has 0 unspecified atom stereocenters. The predicted octanol–water partition coefficient (Wildman–Crippen LogP) is 7.79. The minimum absolute atomic E-state index is 0.000895. The summed E-state index contributed by atoms with van der Waals surface area (Å²) in [6.07, 6.45) is 0.903. The molecular formula is C31H38FNO4Si. The Morgan fingerprint density at radius 1 is 1.03 bits per heavy atom. The summed E-state index contributed by atoms with van der Waals surface area (Å²) in [7, 11) is -0.601. The van der Waals surface area contributed by atoms with E-state index < -0.39 is 8.32 Å². The monoisotopic (exact) mass is 535 g/mol. The van der Waals surface area contributed by atoms with Crippen LogP contribution < -0.4 is 9.64 Å². The average molecular weight is 536 g/mol. The van der Waals surface area contributed by atoms with Crippen LogP contribution in [0.25, 0.3) is 0 Å². The van der Waals surface area contributed by atoms with E-state index in [0.29, 0.717) is 24.2 Å². The van der Waals surface area contributed by atoms with Crippen molar-refractivity contribution in [2.75, 3.05) is 12.0 Å². The van der Waals surface area contributed by atoms with Gasteiger partial charge in [0.15, 0.2) is 8.32 Å². The Labute approximate surface area is 226 Å². The first kappa shape index (κ1) is 27.9. The first-order valence-corrected chi connectivity index (χ1v) is 16.0. The number of β-lactam (4-membered cyclic amide) rings is 1. The van der Waals surface area contributed by atoms with Crippen molar-refractivity contribution >= 4 is 19.9 Å². The van der Waals surface area contributed by atoms with Crippen molar-refractivity contribution in [1.29, 1.82) is 0 Å². The van der Waals surface area contributed by atoms with Gasteiger partial charge >= 0.3 is 0 Å². The average Bonchev–Trinajstić information content (AvgIpc) is 2.87. The Kier molecular flexibility index (Phi) is 8.00. The van der Waals surface area contributed by atoms with Gasteiger partial charge in [0.05, 0.1) is 25.2 Å². The second-order valence-corrected chi connectivity index (χ2v) is 16.3. The Hall–Kier alpha value is -3.16. The van der Waals surface area contributed by atoms with E-state index >= 15 is 0 Å². The second-order valence-electron chi connectivity index (χ2n) is 11.5. The standard InChI is InChI=1S/C31H38FNO4Si/c1-31(2,3)38(5,6)37-28(21-12-14-22(32)15-13-21)19-18-26-29(25-17-16-24(36-4)20-27(25)34)33(30(26)35)23-10-8-7-9-11-23/h7-17,20,26,28-29,34H,18-19H2,1-6H3/t26-,28+,29-/m1/s1. The number of halogens is 1. The smallest absolute Gasteiger partial charge is 0.233 e. The number of hydrogen-bond acceptors (Lipinski definition) is 4. The molecule has 0 spiro atoms. The van der Waals surface area contributed by atoms with E-state index in [-0.39, 0.29) is 40.6 Å². The normalized spacial score (nSPS) is 18.7. The maximum atomic E-state index is 13.7. The van der Waals surface area contributed by atoms with Crippen molar-refractivity contribution in [2.24, 2.45) is 5.92 Å². The summed E-state index contributed by atoms with van der Waals surface area (Å²) in [5.41, 5.74) is 2.39. The van der Waals surface area contributed by atoms with E-state index in [9.17, 15) is 14.3 Å². The molecule has 1 amide bonds. The zero-order chi connectivity index (χ0) is 27.7. The molecule has 202 valence electrons. The van der Waals surface area contributed by atoms with Crippen molar-refractivity contribution < 1.29 is 23.5 Å². The SMILES string of the molecule is COc1ccc([C@@H]2[C@@H](CC[C@H](O[Si](C)(C)C(C)(C)C)c3ccc(F)cc3)C(=O)N2c2ccccc2)c(O)c1. The molecule has 1 fully saturated rings. The maximum absolute atomic E-state index is 13.7. The first-order chi connectivity index (χ1) is 17.9. The minimum Gasteiger partial charge on any atom is -0.507 e. The number of carbonyl (C=O) groups excluding carboxylic acids is 1. The van der Waals surface area contributed by atoms with Crippen molar-refractivity contribution in [3.8, 4) is 11.5 Å². The van der Waals surface area contributed by atoms with Crippen molar-refractivity contribution in [1.82, 2.24) is 0 Å². The molecule has 0 aliphatic carbocycles. The third-order valence-corrected chi connectivity index (χ3v) is 12.5. The first-order valence-electron chi connectivity index (χ1n) is 13.1. The van der Waals surface area contributed by atoms with Gasteiger partial charge in [-0.3, -0.25) is 4.79 Å². The topological polar surface area (TPSA) is 59.0 Å². The van der Waals surface area contributed by atoms with Gasteiger partial charge in [-0.1, -0.05) is 51.1 Å². The number of rotatable bonds is 9. The largest absolute Gasteiger partial charge is 0.507 e. The van der Waals surface area contributed by atoms with Gasteiger partial charge < -0.3 is 19.2 Å². The van der Waals surface area contributed by atoms with Crippen LogP contribution >= 0.6 is 0 Å². The number of phenols is 1. The van der Waals surface area contributed by atoms with Gasteiger partial charge in [0.2, 0.25) is 5.91 Å². The number of hydrogen-bond donors (Lipinski definition) is 1. The number of aromatic hydroxyl groups is 1. The van der Waals surface area contributed by atoms with Gasteiger partial charge in [0.25, 0.3) is 0 Å². The van der Waals surface area contributed by atoms with Crippen LogP contribution in [0.15, 0.2) is 72.8 Å². The predicted molar refractivity (Wildman–Crippen MR) is 151 cm³/mol. The fraction of sp³-hybridized carbons (Fsp3) is 0.387. The maximum Gasteiger partial charge on any atom is 0.233 e. The van der Waals surface area contributed by atoms with Crippen LogP contribution in [0.1, 0.15) is 56.9 Å². The fourth-order valence-corrected chi connectivity index (χ4v) is 6.12. The Morgan fingerprint density at radius 2 is 1.68 bits per heavy atom. The summed E-state index contributed by atoms with van der Waals surface area (Å²) in [4.78, 5) is 15.3. The molecule has 0 saturated carbocycles. The Balaban J connectivity index is 1.64. The highest BCUT2D eigenvalue weighted by atomic mass is 28.4.